The van der Waals surface area contributed by atoms with Crippen molar-refractivity contribution in [2.45, 2.75) is 75.3 Å². The predicted octanol–water partition coefficient (Wildman–Crippen LogP) is -0.139. The number of carbonyl (C=O) groups is 3. The van der Waals surface area contributed by atoms with Crippen LogP contribution in [0.15, 0.2) is 18.2 Å². The molecular formula is C24H31F2N3O9. The summed E-state index contributed by atoms with van der Waals surface area (Å²) in [5, 5.41) is 43.7. The molecule has 1 aliphatic rings. The lowest BCUT2D eigenvalue weighted by Crippen LogP contribution is -2.61. The second-order valence-electron chi connectivity index (χ2n) is 8.52. The van der Waals surface area contributed by atoms with Crippen molar-refractivity contribution in [1.29, 1.82) is 0 Å². The van der Waals surface area contributed by atoms with Crippen LogP contribution in [0.4, 0.5) is 14.5 Å². The Kier molecular flexibility index (Phi) is 11.8. The van der Waals surface area contributed by atoms with Crippen LogP contribution in [0.5, 0.6) is 5.75 Å². The van der Waals surface area contributed by atoms with E-state index < -0.39 is 72.3 Å². The first kappa shape index (κ1) is 30.9. The summed E-state index contributed by atoms with van der Waals surface area (Å²) in [5.41, 5.74) is 4.74. The molecule has 12 nitrogen and oxygen atoms in total. The number of halogens is 2. The molecular weight excluding hydrogens is 512 g/mol. The highest BCUT2D eigenvalue weighted by Crippen LogP contribution is 2.34. The normalized spacial score (nSPS) is 23.8. The number of nitrogens with two attached hydrogens (primary N) is 1. The second-order valence-corrected chi connectivity index (χ2v) is 8.52. The molecule has 38 heavy (non-hydrogen) atoms. The van der Waals surface area contributed by atoms with Crippen LogP contribution in [-0.4, -0.2) is 81.5 Å². The van der Waals surface area contributed by atoms with Crippen LogP contribution in [0.1, 0.15) is 44.1 Å². The van der Waals surface area contributed by atoms with Gasteiger partial charge < -0.3 is 46.3 Å². The van der Waals surface area contributed by atoms with Gasteiger partial charge in [-0.3, -0.25) is 9.59 Å². The van der Waals surface area contributed by atoms with E-state index in [2.05, 4.69) is 16.6 Å². The van der Waals surface area contributed by atoms with Crippen molar-refractivity contribution in [2.24, 2.45) is 5.73 Å². The van der Waals surface area contributed by atoms with Gasteiger partial charge in [0, 0.05) is 25.1 Å². The number of benzene rings is 1. The molecule has 1 aromatic carbocycles. The molecule has 6 unspecified atom stereocenters. The van der Waals surface area contributed by atoms with Crippen molar-refractivity contribution in [3.63, 3.8) is 0 Å². The number of hydrogen-bond donors (Lipinski definition) is 7. The van der Waals surface area contributed by atoms with Gasteiger partial charge in [0.05, 0.1) is 5.56 Å². The number of alkyl halides is 2. The summed E-state index contributed by atoms with van der Waals surface area (Å²) in [5.74, 6) is -0.878. The number of ether oxygens (including phenoxy) is 2. The Labute approximate surface area is 217 Å². The minimum atomic E-state index is -3.15. The lowest BCUT2D eigenvalue weighted by atomic mass is 9.99. The fourth-order valence-corrected chi connectivity index (χ4v) is 3.60. The Morgan fingerprint density at radius 3 is 2.45 bits per heavy atom. The first-order chi connectivity index (χ1) is 18.0. The van der Waals surface area contributed by atoms with Crippen LogP contribution < -0.4 is 21.1 Å². The maximum absolute atomic E-state index is 13.8. The van der Waals surface area contributed by atoms with Crippen LogP contribution in [0.25, 0.3) is 0 Å². The highest BCUT2D eigenvalue weighted by molar-refractivity contribution is 5.97. The molecule has 0 radical (unpaired) electrons. The standard InChI is InChI=1S/C24H31F2N3O9/c1-2-3-4-5-6-7-16(30)29-14(11-27)22(34)28-12-8-9-15(13(10-12)21(25)26)37-24-19(33)17(31)18(32)20(38-24)23(35)36/h1,8-10,14,17-21,24,31-33H,3-7,11,27H2,(H,28,34)(H,29,30)(H,35,36). The minimum absolute atomic E-state index is 0.0939. The van der Waals surface area contributed by atoms with E-state index in [-0.39, 0.29) is 18.7 Å². The van der Waals surface area contributed by atoms with Crippen LogP contribution in [0, 0.1) is 12.3 Å². The molecule has 8 N–H and O–H groups in total. The van der Waals surface area contributed by atoms with Gasteiger partial charge in [0.1, 0.15) is 30.1 Å². The van der Waals surface area contributed by atoms with E-state index in [1.807, 2.05) is 0 Å². The molecule has 6 atom stereocenters. The molecule has 1 saturated heterocycles. The van der Waals surface area contributed by atoms with Gasteiger partial charge in [0.2, 0.25) is 18.1 Å². The van der Waals surface area contributed by atoms with Crippen LogP contribution in [0.2, 0.25) is 0 Å². The quantitative estimate of drug-likeness (QED) is 0.130. The summed E-state index contributed by atoms with van der Waals surface area (Å²) in [4.78, 5) is 35.9. The molecule has 0 aromatic heterocycles. The highest BCUT2D eigenvalue weighted by atomic mass is 19.3. The zero-order valence-corrected chi connectivity index (χ0v) is 20.3. The first-order valence-corrected chi connectivity index (χ1v) is 11.7. The van der Waals surface area contributed by atoms with Crippen LogP contribution in [-0.2, 0) is 19.1 Å². The third-order valence-electron chi connectivity index (χ3n) is 5.68. The van der Waals surface area contributed by atoms with Crippen molar-refractivity contribution < 1.29 is 53.1 Å². The molecule has 2 rings (SSSR count). The highest BCUT2D eigenvalue weighted by Gasteiger charge is 2.48. The van der Waals surface area contributed by atoms with Gasteiger partial charge in [-0.25, -0.2) is 13.6 Å². The lowest BCUT2D eigenvalue weighted by molar-refractivity contribution is -0.271. The smallest absolute Gasteiger partial charge is 0.335 e. The average molecular weight is 544 g/mol. The topological polar surface area (TPSA) is 201 Å². The fraction of sp³-hybridized carbons (Fsp3) is 0.542. The number of aliphatic hydroxyl groups excluding tert-OH is 3. The van der Waals surface area contributed by atoms with Gasteiger partial charge in [0.25, 0.3) is 6.43 Å². The predicted molar refractivity (Wildman–Crippen MR) is 128 cm³/mol. The number of anilines is 1. The number of unbranched alkanes of at least 4 members (excludes halogenated alkanes) is 3. The molecule has 14 heteroatoms. The molecule has 2 amide bonds. The number of terminal acetylenes is 1. The van der Waals surface area contributed by atoms with E-state index in [4.69, 9.17) is 26.7 Å². The zero-order chi connectivity index (χ0) is 28.4. The SMILES string of the molecule is C#CCCCCCC(=O)NC(CN)C(=O)Nc1ccc(OC2OC(C(=O)O)C(O)C(O)C2O)c(C(F)F)c1. The average Bonchev–Trinajstić information content (AvgIpc) is 2.87. The number of rotatable bonds is 13. The van der Waals surface area contributed by atoms with Crippen LogP contribution >= 0.6 is 0 Å². The van der Waals surface area contributed by atoms with Crippen LogP contribution in [0.3, 0.4) is 0 Å². The summed E-state index contributed by atoms with van der Waals surface area (Å²) in [6.45, 7) is -0.257. The molecule has 0 spiro atoms. The van der Waals surface area contributed by atoms with Gasteiger partial charge in [-0.05, 0) is 31.0 Å². The Morgan fingerprint density at radius 1 is 1.13 bits per heavy atom. The molecule has 1 fully saturated rings. The largest absolute Gasteiger partial charge is 0.479 e. The zero-order valence-electron chi connectivity index (χ0n) is 20.3. The van der Waals surface area contributed by atoms with Crippen molar-refractivity contribution in [1.82, 2.24) is 5.32 Å². The van der Waals surface area contributed by atoms with Gasteiger partial charge in [-0.2, -0.15) is 0 Å². The van der Waals surface area contributed by atoms with Crippen molar-refractivity contribution in [2.75, 3.05) is 11.9 Å². The van der Waals surface area contributed by atoms with E-state index >= 15 is 0 Å². The van der Waals surface area contributed by atoms with E-state index in [9.17, 15) is 38.5 Å². The van der Waals surface area contributed by atoms with Crippen molar-refractivity contribution >= 4 is 23.5 Å². The summed E-state index contributed by atoms with van der Waals surface area (Å²) in [7, 11) is 0. The third-order valence-corrected chi connectivity index (χ3v) is 5.68. The summed E-state index contributed by atoms with van der Waals surface area (Å²) in [6.07, 6.45) is -4.99. The molecule has 210 valence electrons. The number of carbonyl (C=O) groups excluding carboxylic acids is 2. The summed E-state index contributed by atoms with van der Waals surface area (Å²) < 4.78 is 37.7. The minimum Gasteiger partial charge on any atom is -0.479 e. The maximum atomic E-state index is 13.8. The number of carboxylic acid groups (broad SMARTS) is 1. The number of carboxylic acids is 1. The van der Waals surface area contributed by atoms with Crippen molar-refractivity contribution in [3.8, 4) is 18.1 Å². The van der Waals surface area contributed by atoms with Gasteiger partial charge in [-0.1, -0.05) is 6.42 Å². The molecule has 0 aliphatic carbocycles. The number of amides is 2. The molecule has 0 saturated carbocycles. The molecule has 1 heterocycles. The lowest BCUT2D eigenvalue weighted by Gasteiger charge is -2.38. The number of nitrogens with one attached hydrogen (secondary N) is 2. The molecule has 1 aliphatic heterocycles. The van der Waals surface area contributed by atoms with Gasteiger partial charge >= 0.3 is 5.97 Å². The van der Waals surface area contributed by atoms with Gasteiger partial charge in [0.15, 0.2) is 6.10 Å². The molecule has 1 aromatic rings. The Hall–Kier alpha value is -3.35. The summed E-state index contributed by atoms with van der Waals surface area (Å²) in [6, 6.07) is 1.92. The third kappa shape index (κ3) is 8.33. The van der Waals surface area contributed by atoms with Gasteiger partial charge in [-0.15, -0.1) is 12.3 Å². The molecule has 0 bridgehead atoms. The summed E-state index contributed by atoms with van der Waals surface area (Å²) >= 11 is 0. The number of aliphatic carboxylic acids is 1. The Balaban J connectivity index is 2.08. The number of aliphatic hydroxyl groups is 3. The first-order valence-electron chi connectivity index (χ1n) is 11.7. The van der Waals surface area contributed by atoms with E-state index in [0.29, 0.717) is 12.8 Å². The Bertz CT molecular complexity index is 1020. The van der Waals surface area contributed by atoms with E-state index in [1.54, 1.807) is 0 Å². The monoisotopic (exact) mass is 543 g/mol. The second kappa shape index (κ2) is 14.6. The van der Waals surface area contributed by atoms with E-state index in [0.717, 1.165) is 25.0 Å². The maximum Gasteiger partial charge on any atom is 0.335 e. The van der Waals surface area contributed by atoms with E-state index in [1.165, 1.54) is 6.07 Å². The fourth-order valence-electron chi connectivity index (χ4n) is 3.60. The van der Waals surface area contributed by atoms with Crippen molar-refractivity contribution in [3.05, 3.63) is 23.8 Å². The number of hydrogen-bond acceptors (Lipinski definition) is 9. The Morgan fingerprint density at radius 2 is 1.84 bits per heavy atom.